The Balaban J connectivity index is 2.26. The first-order valence-corrected chi connectivity index (χ1v) is 7.13. The topological polar surface area (TPSA) is 46.0 Å². The highest BCUT2D eigenvalue weighted by molar-refractivity contribution is 7.99. The molecule has 0 bridgehead atoms. The number of halogens is 1. The molecule has 1 unspecified atom stereocenters. The van der Waals surface area contributed by atoms with Crippen LogP contribution in [0.5, 0.6) is 0 Å². The fourth-order valence-corrected chi connectivity index (χ4v) is 3.06. The number of benzene rings is 1. The van der Waals surface area contributed by atoms with Gasteiger partial charge < -0.3 is 5.11 Å². The van der Waals surface area contributed by atoms with Crippen molar-refractivity contribution in [2.24, 2.45) is 0 Å². The molecule has 5 heteroatoms. The van der Waals surface area contributed by atoms with Crippen molar-refractivity contribution in [3.05, 3.63) is 46.2 Å². The zero-order chi connectivity index (χ0) is 14.0. The summed E-state index contributed by atoms with van der Waals surface area (Å²) in [6, 6.07) is 7.51. The van der Waals surface area contributed by atoms with Crippen LogP contribution in [0, 0.1) is 13.8 Å². The van der Waals surface area contributed by atoms with E-state index in [4.69, 9.17) is 11.6 Å². The molecule has 0 saturated heterocycles. The van der Waals surface area contributed by atoms with E-state index in [1.165, 1.54) is 11.8 Å². The SMILES string of the molecule is Cc1cc(C)nc(Sc2ccc(C(C)O)c(Cl)c2)n1. The van der Waals surface area contributed by atoms with Gasteiger partial charge in [-0.2, -0.15) is 0 Å². The van der Waals surface area contributed by atoms with Gasteiger partial charge >= 0.3 is 0 Å². The Morgan fingerprint density at radius 1 is 1.16 bits per heavy atom. The Morgan fingerprint density at radius 3 is 2.32 bits per heavy atom. The van der Waals surface area contributed by atoms with Gasteiger partial charge in [-0.05, 0) is 56.3 Å². The van der Waals surface area contributed by atoms with E-state index in [0.29, 0.717) is 10.2 Å². The molecular formula is C14H15ClN2OS. The van der Waals surface area contributed by atoms with Crippen molar-refractivity contribution in [3.8, 4) is 0 Å². The molecule has 0 fully saturated rings. The molecule has 0 radical (unpaired) electrons. The van der Waals surface area contributed by atoms with Crippen LogP contribution in [0.3, 0.4) is 0 Å². The molecular weight excluding hydrogens is 280 g/mol. The summed E-state index contributed by atoms with van der Waals surface area (Å²) < 4.78 is 0. The number of nitrogens with zero attached hydrogens (tertiary/aromatic N) is 2. The fourth-order valence-electron chi connectivity index (χ4n) is 1.75. The lowest BCUT2D eigenvalue weighted by Crippen LogP contribution is -1.94. The summed E-state index contributed by atoms with van der Waals surface area (Å²) in [4.78, 5) is 9.71. The zero-order valence-corrected chi connectivity index (χ0v) is 12.6. The highest BCUT2D eigenvalue weighted by Crippen LogP contribution is 2.31. The van der Waals surface area contributed by atoms with Gasteiger partial charge in [-0.3, -0.25) is 0 Å². The van der Waals surface area contributed by atoms with Crippen LogP contribution in [-0.2, 0) is 0 Å². The number of aliphatic hydroxyl groups excluding tert-OH is 1. The second kappa shape index (κ2) is 5.90. The van der Waals surface area contributed by atoms with Gasteiger partial charge in [0.2, 0.25) is 0 Å². The van der Waals surface area contributed by atoms with Gasteiger partial charge in [-0.1, -0.05) is 17.7 Å². The van der Waals surface area contributed by atoms with Crippen LogP contribution in [0.15, 0.2) is 34.3 Å². The third-order valence-electron chi connectivity index (χ3n) is 2.59. The Kier molecular flexibility index (Phi) is 4.45. The van der Waals surface area contributed by atoms with E-state index >= 15 is 0 Å². The lowest BCUT2D eigenvalue weighted by Gasteiger charge is -2.09. The largest absolute Gasteiger partial charge is 0.389 e. The maximum absolute atomic E-state index is 9.54. The number of hydrogen-bond donors (Lipinski definition) is 1. The Labute approximate surface area is 122 Å². The number of hydrogen-bond acceptors (Lipinski definition) is 4. The first-order valence-electron chi connectivity index (χ1n) is 5.93. The van der Waals surface area contributed by atoms with Crippen LogP contribution in [0.4, 0.5) is 0 Å². The molecule has 0 amide bonds. The monoisotopic (exact) mass is 294 g/mol. The lowest BCUT2D eigenvalue weighted by molar-refractivity contribution is 0.199. The van der Waals surface area contributed by atoms with Gasteiger partial charge in [0.05, 0.1) is 6.10 Å². The highest BCUT2D eigenvalue weighted by atomic mass is 35.5. The lowest BCUT2D eigenvalue weighted by atomic mass is 10.1. The second-order valence-corrected chi connectivity index (χ2v) is 5.84. The molecule has 1 heterocycles. The Morgan fingerprint density at radius 2 is 1.79 bits per heavy atom. The van der Waals surface area contributed by atoms with Gasteiger partial charge in [0.25, 0.3) is 0 Å². The summed E-state index contributed by atoms with van der Waals surface area (Å²) in [5, 5.41) is 10.8. The molecule has 1 aromatic carbocycles. The summed E-state index contributed by atoms with van der Waals surface area (Å²) in [6.07, 6.45) is -0.566. The molecule has 1 N–H and O–H groups in total. The molecule has 2 rings (SSSR count). The normalized spacial score (nSPS) is 12.5. The third-order valence-corrected chi connectivity index (χ3v) is 3.78. The standard InChI is InChI=1S/C14H15ClN2OS/c1-8-6-9(2)17-14(16-8)19-11-4-5-12(10(3)18)13(15)7-11/h4-7,10,18H,1-3H3. The van der Waals surface area contributed by atoms with Gasteiger partial charge in [0.1, 0.15) is 0 Å². The van der Waals surface area contributed by atoms with Crippen LogP contribution in [0.25, 0.3) is 0 Å². The number of aromatic nitrogens is 2. The van der Waals surface area contributed by atoms with E-state index in [1.807, 2.05) is 38.1 Å². The average molecular weight is 295 g/mol. The molecule has 2 aromatic rings. The van der Waals surface area contributed by atoms with Crippen LogP contribution >= 0.6 is 23.4 Å². The Hall–Kier alpha value is -1.10. The van der Waals surface area contributed by atoms with Crippen LogP contribution in [0.1, 0.15) is 30.0 Å². The summed E-state index contributed by atoms with van der Waals surface area (Å²) in [5.41, 5.74) is 2.62. The molecule has 19 heavy (non-hydrogen) atoms. The summed E-state index contributed by atoms with van der Waals surface area (Å²) in [5.74, 6) is 0. The first kappa shape index (κ1) is 14.3. The van der Waals surface area contributed by atoms with Gasteiger partial charge in [0.15, 0.2) is 5.16 Å². The quantitative estimate of drug-likeness (QED) is 0.871. The van der Waals surface area contributed by atoms with E-state index in [1.54, 1.807) is 6.92 Å². The van der Waals surface area contributed by atoms with Crippen LogP contribution < -0.4 is 0 Å². The number of aryl methyl sites for hydroxylation is 2. The van der Waals surface area contributed by atoms with Gasteiger partial charge in [0, 0.05) is 21.3 Å². The third kappa shape index (κ3) is 3.69. The van der Waals surface area contributed by atoms with Crippen LogP contribution in [-0.4, -0.2) is 15.1 Å². The Bertz CT molecular complexity index is 582. The molecule has 1 atom stereocenters. The smallest absolute Gasteiger partial charge is 0.192 e. The minimum Gasteiger partial charge on any atom is -0.389 e. The van der Waals surface area contributed by atoms with E-state index in [9.17, 15) is 5.11 Å². The van der Waals surface area contributed by atoms with E-state index in [0.717, 1.165) is 21.8 Å². The molecule has 1 aromatic heterocycles. The molecule has 3 nitrogen and oxygen atoms in total. The van der Waals surface area contributed by atoms with Crippen molar-refractivity contribution in [3.63, 3.8) is 0 Å². The molecule has 0 aliphatic heterocycles. The fraction of sp³-hybridized carbons (Fsp3) is 0.286. The second-order valence-electron chi connectivity index (χ2n) is 4.39. The first-order chi connectivity index (χ1) is 8.95. The zero-order valence-electron chi connectivity index (χ0n) is 11.0. The van der Waals surface area contributed by atoms with Crippen molar-refractivity contribution in [1.29, 1.82) is 0 Å². The molecule has 0 aliphatic carbocycles. The van der Waals surface area contributed by atoms with E-state index < -0.39 is 6.10 Å². The number of rotatable bonds is 3. The molecule has 100 valence electrons. The summed E-state index contributed by atoms with van der Waals surface area (Å²) >= 11 is 7.60. The summed E-state index contributed by atoms with van der Waals surface area (Å²) in [6.45, 7) is 5.59. The van der Waals surface area contributed by atoms with Crippen molar-refractivity contribution in [2.75, 3.05) is 0 Å². The molecule has 0 spiro atoms. The van der Waals surface area contributed by atoms with Gasteiger partial charge in [-0.15, -0.1) is 0 Å². The molecule has 0 aliphatic rings. The van der Waals surface area contributed by atoms with Crippen molar-refractivity contribution < 1.29 is 5.11 Å². The predicted octanol–water partition coefficient (Wildman–Crippen LogP) is 3.95. The van der Waals surface area contributed by atoms with E-state index in [2.05, 4.69) is 9.97 Å². The number of aliphatic hydroxyl groups is 1. The molecule has 0 saturated carbocycles. The van der Waals surface area contributed by atoms with Crippen molar-refractivity contribution in [2.45, 2.75) is 36.9 Å². The van der Waals surface area contributed by atoms with Gasteiger partial charge in [-0.25, -0.2) is 9.97 Å². The van der Waals surface area contributed by atoms with E-state index in [-0.39, 0.29) is 0 Å². The minimum absolute atomic E-state index is 0.560. The maximum Gasteiger partial charge on any atom is 0.192 e. The van der Waals surface area contributed by atoms with Crippen molar-refractivity contribution >= 4 is 23.4 Å². The van der Waals surface area contributed by atoms with Crippen molar-refractivity contribution in [1.82, 2.24) is 9.97 Å². The summed E-state index contributed by atoms with van der Waals surface area (Å²) in [7, 11) is 0. The maximum atomic E-state index is 9.54. The average Bonchev–Trinajstić information content (AvgIpc) is 2.26. The minimum atomic E-state index is -0.566. The predicted molar refractivity (Wildman–Crippen MR) is 77.7 cm³/mol. The highest BCUT2D eigenvalue weighted by Gasteiger charge is 2.09. The van der Waals surface area contributed by atoms with Crippen LogP contribution in [0.2, 0.25) is 5.02 Å².